The Hall–Kier alpha value is -2.58. The van der Waals surface area contributed by atoms with Gasteiger partial charge in [0, 0.05) is 19.2 Å². The lowest BCUT2D eigenvalue weighted by molar-refractivity contribution is 0.137. The van der Waals surface area contributed by atoms with Gasteiger partial charge in [-0.1, -0.05) is 35.5 Å². The number of aliphatic hydroxyl groups excluding tert-OH is 1. The molecule has 0 aliphatic rings. The molecule has 0 saturated carbocycles. The van der Waals surface area contributed by atoms with Crippen molar-refractivity contribution in [1.29, 1.82) is 0 Å². The number of aliphatic hydroxyl groups is 1. The number of aromatic amines is 1. The SMILES string of the molecule is CC(CCO)N(Cc1ccccc1)Cc1nc(-c2ncn[nH]2)no1. The van der Waals surface area contributed by atoms with Gasteiger partial charge in [0.25, 0.3) is 0 Å². The normalized spacial score (nSPS) is 12.6. The summed E-state index contributed by atoms with van der Waals surface area (Å²) < 4.78 is 5.33. The molecule has 2 heterocycles. The average molecular weight is 328 g/mol. The topological polar surface area (TPSA) is 104 Å². The first kappa shape index (κ1) is 16.3. The van der Waals surface area contributed by atoms with Crippen LogP contribution in [0.3, 0.4) is 0 Å². The van der Waals surface area contributed by atoms with Gasteiger partial charge < -0.3 is 9.63 Å². The van der Waals surface area contributed by atoms with Crippen LogP contribution in [0.1, 0.15) is 24.8 Å². The summed E-state index contributed by atoms with van der Waals surface area (Å²) in [7, 11) is 0. The highest BCUT2D eigenvalue weighted by atomic mass is 16.5. The van der Waals surface area contributed by atoms with Gasteiger partial charge in [-0.05, 0) is 18.9 Å². The van der Waals surface area contributed by atoms with E-state index < -0.39 is 0 Å². The maximum Gasteiger partial charge on any atom is 0.241 e. The van der Waals surface area contributed by atoms with Crippen molar-refractivity contribution in [3.8, 4) is 11.6 Å². The Morgan fingerprint density at radius 1 is 1.25 bits per heavy atom. The summed E-state index contributed by atoms with van der Waals surface area (Å²) in [5.74, 6) is 1.36. The molecular weight excluding hydrogens is 308 g/mol. The molecule has 0 spiro atoms. The average Bonchev–Trinajstić information content (AvgIpc) is 3.27. The van der Waals surface area contributed by atoms with Gasteiger partial charge in [0.05, 0.1) is 6.54 Å². The summed E-state index contributed by atoms with van der Waals surface area (Å²) in [4.78, 5) is 10.6. The van der Waals surface area contributed by atoms with Crippen LogP contribution in [0.15, 0.2) is 41.2 Å². The number of benzene rings is 1. The van der Waals surface area contributed by atoms with E-state index in [1.54, 1.807) is 0 Å². The van der Waals surface area contributed by atoms with E-state index in [0.29, 0.717) is 30.5 Å². The molecule has 0 fully saturated rings. The van der Waals surface area contributed by atoms with Crippen molar-refractivity contribution in [3.63, 3.8) is 0 Å². The molecule has 2 aromatic heterocycles. The number of nitrogens with one attached hydrogen (secondary N) is 1. The Kier molecular flexibility index (Phi) is 5.29. The smallest absolute Gasteiger partial charge is 0.241 e. The van der Waals surface area contributed by atoms with Gasteiger partial charge in [0.15, 0.2) is 5.82 Å². The summed E-state index contributed by atoms with van der Waals surface area (Å²) in [5.41, 5.74) is 1.19. The zero-order valence-corrected chi connectivity index (χ0v) is 13.5. The molecule has 1 atom stereocenters. The van der Waals surface area contributed by atoms with Crippen molar-refractivity contribution in [3.05, 3.63) is 48.1 Å². The quantitative estimate of drug-likeness (QED) is 0.647. The summed E-state index contributed by atoms with van der Waals surface area (Å²) >= 11 is 0. The molecule has 0 radical (unpaired) electrons. The minimum absolute atomic E-state index is 0.138. The van der Waals surface area contributed by atoms with Crippen LogP contribution in [0.25, 0.3) is 11.6 Å². The molecule has 3 rings (SSSR count). The van der Waals surface area contributed by atoms with Gasteiger partial charge in [-0.2, -0.15) is 10.1 Å². The van der Waals surface area contributed by atoms with Crippen LogP contribution in [0, 0.1) is 0 Å². The lowest BCUT2D eigenvalue weighted by atomic mass is 10.1. The predicted octanol–water partition coefficient (Wildman–Crippen LogP) is 1.63. The maximum absolute atomic E-state index is 9.25. The number of aromatic nitrogens is 5. The van der Waals surface area contributed by atoms with Crippen LogP contribution >= 0.6 is 0 Å². The molecule has 0 saturated heterocycles. The van der Waals surface area contributed by atoms with Crippen molar-refractivity contribution in [2.24, 2.45) is 0 Å². The van der Waals surface area contributed by atoms with Gasteiger partial charge in [0.1, 0.15) is 6.33 Å². The zero-order chi connectivity index (χ0) is 16.8. The zero-order valence-electron chi connectivity index (χ0n) is 13.5. The molecule has 8 nitrogen and oxygen atoms in total. The standard InChI is InChI=1S/C16H20N6O2/c1-12(7-8-23)22(9-13-5-3-2-4-6-13)10-14-19-16(21-24-14)15-17-11-18-20-15/h2-6,11-12,23H,7-10H2,1H3,(H,17,18,20). The molecule has 24 heavy (non-hydrogen) atoms. The molecule has 126 valence electrons. The van der Waals surface area contributed by atoms with E-state index in [2.05, 4.69) is 49.3 Å². The second-order valence-electron chi connectivity index (χ2n) is 5.60. The van der Waals surface area contributed by atoms with E-state index in [4.69, 9.17) is 4.52 Å². The molecule has 8 heteroatoms. The summed E-state index contributed by atoms with van der Waals surface area (Å²) in [6.45, 7) is 3.45. The number of nitrogens with zero attached hydrogens (tertiary/aromatic N) is 5. The van der Waals surface area contributed by atoms with E-state index in [9.17, 15) is 5.11 Å². The Balaban J connectivity index is 1.73. The van der Waals surface area contributed by atoms with Crippen molar-refractivity contribution < 1.29 is 9.63 Å². The van der Waals surface area contributed by atoms with Crippen molar-refractivity contribution in [1.82, 2.24) is 30.2 Å². The van der Waals surface area contributed by atoms with E-state index >= 15 is 0 Å². The molecule has 0 aliphatic heterocycles. The predicted molar refractivity (Wildman–Crippen MR) is 86.5 cm³/mol. The third kappa shape index (κ3) is 4.03. The molecule has 0 bridgehead atoms. The molecule has 2 N–H and O–H groups in total. The second kappa shape index (κ2) is 7.80. The number of H-pyrrole nitrogens is 1. The van der Waals surface area contributed by atoms with Crippen LogP contribution < -0.4 is 0 Å². The minimum atomic E-state index is 0.138. The van der Waals surface area contributed by atoms with Crippen LogP contribution in [-0.2, 0) is 13.1 Å². The summed E-state index contributed by atoms with van der Waals surface area (Å²) in [6.07, 6.45) is 2.08. The van der Waals surface area contributed by atoms with E-state index in [1.165, 1.54) is 11.9 Å². The van der Waals surface area contributed by atoms with Gasteiger partial charge in [-0.25, -0.2) is 4.98 Å². The van der Waals surface area contributed by atoms with Gasteiger partial charge in [-0.3, -0.25) is 10.00 Å². The fraction of sp³-hybridized carbons (Fsp3) is 0.375. The fourth-order valence-electron chi connectivity index (χ4n) is 2.46. The molecule has 3 aromatic rings. The highest BCUT2D eigenvalue weighted by Crippen LogP contribution is 2.16. The number of rotatable bonds is 8. The number of hydrogen-bond acceptors (Lipinski definition) is 7. The first-order chi connectivity index (χ1) is 11.8. The maximum atomic E-state index is 9.25. The van der Waals surface area contributed by atoms with Crippen LogP contribution in [0.2, 0.25) is 0 Å². The van der Waals surface area contributed by atoms with Crippen molar-refractivity contribution in [2.75, 3.05) is 6.61 Å². The van der Waals surface area contributed by atoms with E-state index in [1.807, 2.05) is 18.2 Å². The van der Waals surface area contributed by atoms with Crippen molar-refractivity contribution in [2.45, 2.75) is 32.5 Å². The lowest BCUT2D eigenvalue weighted by Crippen LogP contribution is -2.33. The number of hydrogen-bond donors (Lipinski definition) is 2. The first-order valence-corrected chi connectivity index (χ1v) is 7.83. The molecule has 0 amide bonds. The molecule has 0 aliphatic carbocycles. The third-order valence-electron chi connectivity index (χ3n) is 3.83. The highest BCUT2D eigenvalue weighted by molar-refractivity contribution is 5.39. The fourth-order valence-corrected chi connectivity index (χ4v) is 2.46. The van der Waals surface area contributed by atoms with E-state index in [0.717, 1.165) is 6.54 Å². The Bertz CT molecular complexity index is 728. The Morgan fingerprint density at radius 2 is 2.08 bits per heavy atom. The highest BCUT2D eigenvalue weighted by Gasteiger charge is 2.19. The summed E-state index contributed by atoms with van der Waals surface area (Å²) in [6, 6.07) is 10.3. The van der Waals surface area contributed by atoms with Gasteiger partial charge >= 0.3 is 0 Å². The third-order valence-corrected chi connectivity index (χ3v) is 3.83. The summed E-state index contributed by atoms with van der Waals surface area (Å²) in [5, 5.41) is 19.7. The molecular formula is C16H20N6O2. The first-order valence-electron chi connectivity index (χ1n) is 7.83. The molecule has 1 aromatic carbocycles. The monoisotopic (exact) mass is 328 g/mol. The largest absolute Gasteiger partial charge is 0.396 e. The minimum Gasteiger partial charge on any atom is -0.396 e. The van der Waals surface area contributed by atoms with Gasteiger partial charge in [-0.15, -0.1) is 0 Å². The Labute approximate surface area is 139 Å². The van der Waals surface area contributed by atoms with E-state index in [-0.39, 0.29) is 12.6 Å². The molecule has 1 unspecified atom stereocenters. The van der Waals surface area contributed by atoms with Crippen LogP contribution in [0.5, 0.6) is 0 Å². The second-order valence-corrected chi connectivity index (χ2v) is 5.60. The lowest BCUT2D eigenvalue weighted by Gasteiger charge is -2.27. The van der Waals surface area contributed by atoms with Crippen LogP contribution in [-0.4, -0.2) is 48.0 Å². The van der Waals surface area contributed by atoms with Crippen LogP contribution in [0.4, 0.5) is 0 Å². The van der Waals surface area contributed by atoms with Crippen molar-refractivity contribution >= 4 is 0 Å². The van der Waals surface area contributed by atoms with Gasteiger partial charge in [0.2, 0.25) is 11.7 Å². The Morgan fingerprint density at radius 3 is 2.79 bits per heavy atom.